The zero-order valence-electron chi connectivity index (χ0n) is 11.8. The Morgan fingerprint density at radius 2 is 1.57 bits per heavy atom. The maximum atomic E-state index is 13.0. The number of halogens is 1. The summed E-state index contributed by atoms with van der Waals surface area (Å²) >= 11 is 0. The van der Waals surface area contributed by atoms with E-state index in [1.165, 1.54) is 12.1 Å². The predicted octanol–water partition coefficient (Wildman–Crippen LogP) is 4.06. The van der Waals surface area contributed by atoms with Crippen LogP contribution in [0.15, 0.2) is 48.5 Å². The number of aromatic nitrogens is 1. The molecule has 0 aliphatic rings. The number of nitrogens with zero attached hydrogens (tertiary/aromatic N) is 1. The van der Waals surface area contributed by atoms with Crippen LogP contribution in [0.2, 0.25) is 0 Å². The van der Waals surface area contributed by atoms with Crippen molar-refractivity contribution in [1.82, 2.24) is 4.98 Å². The summed E-state index contributed by atoms with van der Waals surface area (Å²) in [5.74, 6) is 0.957. The lowest BCUT2D eigenvalue weighted by Crippen LogP contribution is -1.92. The minimum atomic E-state index is -0.247. The smallest absolute Gasteiger partial charge is 0.217 e. The van der Waals surface area contributed by atoms with Crippen molar-refractivity contribution in [3.05, 3.63) is 54.3 Å². The number of rotatable bonds is 3. The first-order valence-corrected chi connectivity index (χ1v) is 6.50. The highest BCUT2D eigenvalue weighted by Crippen LogP contribution is 2.32. The van der Waals surface area contributed by atoms with Gasteiger partial charge >= 0.3 is 0 Å². The van der Waals surface area contributed by atoms with Gasteiger partial charge in [0.05, 0.1) is 19.7 Å². The molecule has 0 aliphatic heterocycles. The Balaban J connectivity index is 2.17. The number of hydrogen-bond donors (Lipinski definition) is 0. The molecule has 0 N–H and O–H groups in total. The molecule has 0 atom stereocenters. The molecule has 0 fully saturated rings. The Morgan fingerprint density at radius 1 is 0.857 bits per heavy atom. The lowest BCUT2D eigenvalue weighted by Gasteiger charge is -2.09. The highest BCUT2D eigenvalue weighted by molar-refractivity contribution is 5.90. The van der Waals surface area contributed by atoms with Crippen LogP contribution in [-0.2, 0) is 0 Å². The van der Waals surface area contributed by atoms with Crippen molar-refractivity contribution < 1.29 is 13.9 Å². The molecule has 3 nitrogen and oxygen atoms in total. The summed E-state index contributed by atoms with van der Waals surface area (Å²) in [5.41, 5.74) is 2.71. The van der Waals surface area contributed by atoms with E-state index in [0.29, 0.717) is 11.6 Å². The molecule has 106 valence electrons. The molecule has 0 saturated carbocycles. The predicted molar refractivity (Wildman–Crippen MR) is 80.2 cm³/mol. The van der Waals surface area contributed by atoms with Crippen LogP contribution in [0.4, 0.5) is 4.39 Å². The number of fused-ring (bicyclic) bond motifs is 1. The molecule has 0 aliphatic carbocycles. The van der Waals surface area contributed by atoms with Crippen LogP contribution in [0.3, 0.4) is 0 Å². The van der Waals surface area contributed by atoms with Crippen LogP contribution in [0.1, 0.15) is 0 Å². The topological polar surface area (TPSA) is 31.4 Å². The van der Waals surface area contributed by atoms with Gasteiger partial charge in [0.1, 0.15) is 11.6 Å². The fourth-order valence-corrected chi connectivity index (χ4v) is 2.27. The first-order chi connectivity index (χ1) is 10.2. The minimum absolute atomic E-state index is 0.247. The van der Waals surface area contributed by atoms with E-state index in [1.807, 2.05) is 18.2 Å². The fourth-order valence-electron chi connectivity index (χ4n) is 2.27. The van der Waals surface area contributed by atoms with Crippen molar-refractivity contribution in [2.45, 2.75) is 0 Å². The molecule has 3 aromatic rings. The molecule has 0 saturated heterocycles. The third kappa shape index (κ3) is 2.52. The average Bonchev–Trinajstić information content (AvgIpc) is 2.54. The highest BCUT2D eigenvalue weighted by Gasteiger charge is 2.08. The van der Waals surface area contributed by atoms with E-state index in [2.05, 4.69) is 4.98 Å². The van der Waals surface area contributed by atoms with Gasteiger partial charge in [0.25, 0.3) is 0 Å². The number of methoxy groups -OCH3 is 2. The number of ether oxygens (including phenoxy) is 2. The summed E-state index contributed by atoms with van der Waals surface area (Å²) < 4.78 is 23.6. The maximum absolute atomic E-state index is 13.0. The normalized spacial score (nSPS) is 10.6. The molecular formula is C17H14FNO2. The first-order valence-electron chi connectivity index (χ1n) is 6.50. The van der Waals surface area contributed by atoms with E-state index in [-0.39, 0.29) is 5.82 Å². The quantitative estimate of drug-likeness (QED) is 0.726. The first kappa shape index (κ1) is 13.4. The van der Waals surface area contributed by atoms with E-state index in [0.717, 1.165) is 22.0 Å². The highest BCUT2D eigenvalue weighted by atomic mass is 19.1. The zero-order chi connectivity index (χ0) is 14.8. The van der Waals surface area contributed by atoms with Gasteiger partial charge in [-0.2, -0.15) is 0 Å². The van der Waals surface area contributed by atoms with E-state index in [4.69, 9.17) is 9.47 Å². The SMILES string of the molecule is COc1cc(OC)c2cc(-c3ccc(F)cc3)ccc2n1. The van der Waals surface area contributed by atoms with Crippen molar-refractivity contribution in [2.75, 3.05) is 14.2 Å². The second-order valence-corrected chi connectivity index (χ2v) is 4.61. The minimum Gasteiger partial charge on any atom is -0.496 e. The molecule has 1 heterocycles. The zero-order valence-corrected chi connectivity index (χ0v) is 11.8. The van der Waals surface area contributed by atoms with Gasteiger partial charge in [-0.1, -0.05) is 18.2 Å². The van der Waals surface area contributed by atoms with Crippen LogP contribution < -0.4 is 9.47 Å². The van der Waals surface area contributed by atoms with Crippen LogP contribution in [-0.4, -0.2) is 19.2 Å². The van der Waals surface area contributed by atoms with Gasteiger partial charge < -0.3 is 9.47 Å². The third-order valence-electron chi connectivity index (χ3n) is 3.35. The monoisotopic (exact) mass is 283 g/mol. The second kappa shape index (κ2) is 5.40. The van der Waals surface area contributed by atoms with Gasteiger partial charge in [0, 0.05) is 11.5 Å². The average molecular weight is 283 g/mol. The molecule has 1 aromatic heterocycles. The summed E-state index contributed by atoms with van der Waals surface area (Å²) in [6, 6.07) is 14.0. The largest absolute Gasteiger partial charge is 0.496 e. The van der Waals surface area contributed by atoms with Gasteiger partial charge in [-0.15, -0.1) is 0 Å². The van der Waals surface area contributed by atoms with Gasteiger partial charge in [0.2, 0.25) is 5.88 Å². The van der Waals surface area contributed by atoms with Crippen LogP contribution in [0.5, 0.6) is 11.6 Å². The second-order valence-electron chi connectivity index (χ2n) is 4.61. The van der Waals surface area contributed by atoms with Crippen LogP contribution >= 0.6 is 0 Å². The summed E-state index contributed by atoms with van der Waals surface area (Å²) in [5, 5.41) is 0.889. The summed E-state index contributed by atoms with van der Waals surface area (Å²) in [6.45, 7) is 0. The van der Waals surface area contributed by atoms with E-state index in [9.17, 15) is 4.39 Å². The van der Waals surface area contributed by atoms with Gasteiger partial charge in [-0.3, -0.25) is 0 Å². The molecule has 0 bridgehead atoms. The molecular weight excluding hydrogens is 269 g/mol. The summed E-state index contributed by atoms with van der Waals surface area (Å²) in [4.78, 5) is 4.39. The lowest BCUT2D eigenvalue weighted by atomic mass is 10.0. The molecule has 21 heavy (non-hydrogen) atoms. The van der Waals surface area contributed by atoms with Crippen molar-refractivity contribution in [2.24, 2.45) is 0 Å². The van der Waals surface area contributed by atoms with Gasteiger partial charge in [-0.05, 0) is 35.4 Å². The molecule has 0 spiro atoms. The van der Waals surface area contributed by atoms with Crippen molar-refractivity contribution >= 4 is 10.9 Å². The molecule has 3 rings (SSSR count). The standard InChI is InChI=1S/C17H14FNO2/c1-20-16-10-17(21-2)19-15-8-5-12(9-14(15)16)11-3-6-13(18)7-4-11/h3-10H,1-2H3. The van der Waals surface area contributed by atoms with Gasteiger partial charge in [0.15, 0.2) is 0 Å². The number of benzene rings is 2. The third-order valence-corrected chi connectivity index (χ3v) is 3.35. The molecule has 0 unspecified atom stereocenters. The van der Waals surface area contributed by atoms with Crippen molar-refractivity contribution in [3.8, 4) is 22.8 Å². The van der Waals surface area contributed by atoms with Crippen molar-refractivity contribution in [3.63, 3.8) is 0 Å². The van der Waals surface area contributed by atoms with E-state index >= 15 is 0 Å². The maximum Gasteiger partial charge on any atom is 0.217 e. The Labute approximate surface area is 122 Å². The van der Waals surface area contributed by atoms with Crippen LogP contribution in [0, 0.1) is 5.82 Å². The number of pyridine rings is 1. The fraction of sp³-hybridized carbons (Fsp3) is 0.118. The molecule has 4 heteroatoms. The Hall–Kier alpha value is -2.62. The Morgan fingerprint density at radius 3 is 2.24 bits per heavy atom. The summed E-state index contributed by atoms with van der Waals surface area (Å²) in [7, 11) is 3.18. The van der Waals surface area contributed by atoms with E-state index < -0.39 is 0 Å². The molecule has 0 amide bonds. The number of hydrogen-bond acceptors (Lipinski definition) is 3. The molecule has 0 radical (unpaired) electrons. The van der Waals surface area contributed by atoms with Crippen molar-refractivity contribution in [1.29, 1.82) is 0 Å². The van der Waals surface area contributed by atoms with Crippen LogP contribution in [0.25, 0.3) is 22.0 Å². The molecule has 2 aromatic carbocycles. The van der Waals surface area contributed by atoms with Gasteiger partial charge in [-0.25, -0.2) is 9.37 Å². The Kier molecular flexibility index (Phi) is 3.44. The van der Waals surface area contributed by atoms with E-state index in [1.54, 1.807) is 32.4 Å². The summed E-state index contributed by atoms with van der Waals surface area (Å²) in [6.07, 6.45) is 0. The lowest BCUT2D eigenvalue weighted by molar-refractivity contribution is 0.386. The Bertz CT molecular complexity index is 785.